The van der Waals surface area contributed by atoms with Crippen molar-refractivity contribution in [2.45, 2.75) is 18.6 Å². The number of hydrogen-bond acceptors (Lipinski definition) is 5. The second-order valence-corrected chi connectivity index (χ2v) is 7.04. The standard InChI is InChI=1S/C20H21N5O2S/c1-14-23-24-20(25(14)12-15-7-4-3-5-8-15)28-13-18(26)22-17-10-6-9-16(11-17)19(27)21-2/h3-11H,12-13H2,1-2H3,(H,21,27)(H,22,26). The van der Waals surface area contributed by atoms with E-state index in [9.17, 15) is 9.59 Å². The molecule has 3 rings (SSSR count). The molecular weight excluding hydrogens is 374 g/mol. The summed E-state index contributed by atoms with van der Waals surface area (Å²) < 4.78 is 1.99. The Balaban J connectivity index is 1.62. The Kier molecular flexibility index (Phi) is 6.44. The van der Waals surface area contributed by atoms with Crippen LogP contribution in [-0.4, -0.2) is 39.4 Å². The third kappa shape index (κ3) is 4.98. The normalized spacial score (nSPS) is 10.5. The monoisotopic (exact) mass is 395 g/mol. The number of aryl methyl sites for hydroxylation is 1. The van der Waals surface area contributed by atoms with E-state index in [1.54, 1.807) is 31.3 Å². The quantitative estimate of drug-likeness (QED) is 0.601. The molecule has 1 heterocycles. The molecule has 3 aromatic rings. The lowest BCUT2D eigenvalue weighted by Gasteiger charge is -2.09. The topological polar surface area (TPSA) is 88.9 Å². The zero-order valence-corrected chi connectivity index (χ0v) is 16.5. The molecule has 2 N–H and O–H groups in total. The van der Waals surface area contributed by atoms with Crippen molar-refractivity contribution in [3.05, 3.63) is 71.5 Å². The summed E-state index contributed by atoms with van der Waals surface area (Å²) in [6.07, 6.45) is 0. The molecule has 0 aliphatic heterocycles. The van der Waals surface area contributed by atoms with Crippen molar-refractivity contribution in [3.8, 4) is 0 Å². The number of hydrogen-bond donors (Lipinski definition) is 2. The number of amides is 2. The number of aromatic nitrogens is 3. The highest BCUT2D eigenvalue weighted by atomic mass is 32.2. The zero-order valence-electron chi connectivity index (χ0n) is 15.7. The molecule has 144 valence electrons. The predicted molar refractivity (Wildman–Crippen MR) is 109 cm³/mol. The van der Waals surface area contributed by atoms with Crippen LogP contribution < -0.4 is 10.6 Å². The largest absolute Gasteiger partial charge is 0.355 e. The molecule has 0 fully saturated rings. The van der Waals surface area contributed by atoms with Crippen molar-refractivity contribution in [1.82, 2.24) is 20.1 Å². The first-order valence-corrected chi connectivity index (χ1v) is 9.74. The zero-order chi connectivity index (χ0) is 19.9. The van der Waals surface area contributed by atoms with Gasteiger partial charge in [-0.3, -0.25) is 9.59 Å². The Morgan fingerprint density at radius 3 is 2.61 bits per heavy atom. The Morgan fingerprint density at radius 1 is 1.07 bits per heavy atom. The minimum Gasteiger partial charge on any atom is -0.355 e. The Morgan fingerprint density at radius 2 is 1.86 bits per heavy atom. The van der Waals surface area contributed by atoms with E-state index in [0.29, 0.717) is 23.0 Å². The van der Waals surface area contributed by atoms with E-state index < -0.39 is 0 Å². The van der Waals surface area contributed by atoms with Gasteiger partial charge in [0.1, 0.15) is 5.82 Å². The lowest BCUT2D eigenvalue weighted by atomic mass is 10.2. The molecule has 7 nitrogen and oxygen atoms in total. The van der Waals surface area contributed by atoms with E-state index in [1.807, 2.05) is 41.8 Å². The van der Waals surface area contributed by atoms with Crippen LogP contribution in [0.3, 0.4) is 0 Å². The van der Waals surface area contributed by atoms with E-state index >= 15 is 0 Å². The van der Waals surface area contributed by atoms with E-state index in [4.69, 9.17) is 0 Å². The van der Waals surface area contributed by atoms with Crippen LogP contribution >= 0.6 is 11.8 Å². The fourth-order valence-electron chi connectivity index (χ4n) is 2.63. The Bertz CT molecular complexity index is 972. The highest BCUT2D eigenvalue weighted by molar-refractivity contribution is 7.99. The predicted octanol–water partition coefficient (Wildman–Crippen LogP) is 2.73. The van der Waals surface area contributed by atoms with Crippen LogP contribution in [0.5, 0.6) is 0 Å². The van der Waals surface area contributed by atoms with Gasteiger partial charge in [0.05, 0.1) is 12.3 Å². The molecule has 0 spiro atoms. The minimum absolute atomic E-state index is 0.175. The van der Waals surface area contributed by atoms with Gasteiger partial charge in [-0.1, -0.05) is 48.2 Å². The van der Waals surface area contributed by atoms with Gasteiger partial charge in [0.2, 0.25) is 5.91 Å². The maximum absolute atomic E-state index is 12.3. The van der Waals surface area contributed by atoms with Gasteiger partial charge in [-0.05, 0) is 30.7 Å². The first kappa shape index (κ1) is 19.6. The molecule has 2 amide bonds. The molecule has 0 unspecified atom stereocenters. The molecule has 0 aliphatic rings. The lowest BCUT2D eigenvalue weighted by Crippen LogP contribution is -2.19. The second-order valence-electron chi connectivity index (χ2n) is 6.10. The number of anilines is 1. The van der Waals surface area contributed by atoms with Gasteiger partial charge in [-0.25, -0.2) is 0 Å². The summed E-state index contributed by atoms with van der Waals surface area (Å²) in [4.78, 5) is 24.0. The van der Waals surface area contributed by atoms with Crippen LogP contribution in [0.1, 0.15) is 21.7 Å². The summed E-state index contributed by atoms with van der Waals surface area (Å²) in [6.45, 7) is 2.54. The van der Waals surface area contributed by atoms with E-state index in [0.717, 1.165) is 11.4 Å². The van der Waals surface area contributed by atoms with Gasteiger partial charge in [0.25, 0.3) is 5.91 Å². The number of thioether (sulfide) groups is 1. The second kappa shape index (κ2) is 9.18. The molecule has 8 heteroatoms. The minimum atomic E-state index is -0.199. The molecule has 0 aliphatic carbocycles. The average Bonchev–Trinajstić information content (AvgIpc) is 3.06. The van der Waals surface area contributed by atoms with Crippen molar-refractivity contribution in [1.29, 1.82) is 0 Å². The number of carbonyl (C=O) groups is 2. The van der Waals surface area contributed by atoms with Crippen LogP contribution in [0.2, 0.25) is 0 Å². The van der Waals surface area contributed by atoms with Gasteiger partial charge in [-0.15, -0.1) is 10.2 Å². The number of nitrogens with zero attached hydrogens (tertiary/aromatic N) is 3. The van der Waals surface area contributed by atoms with Gasteiger partial charge in [-0.2, -0.15) is 0 Å². The molecule has 0 saturated heterocycles. The molecule has 1 aromatic heterocycles. The number of rotatable bonds is 7. The molecule has 0 saturated carbocycles. The van der Waals surface area contributed by atoms with Gasteiger partial charge in [0, 0.05) is 18.3 Å². The van der Waals surface area contributed by atoms with Crippen molar-refractivity contribution in [2.24, 2.45) is 0 Å². The van der Waals surface area contributed by atoms with Crippen molar-refractivity contribution in [3.63, 3.8) is 0 Å². The van der Waals surface area contributed by atoms with Crippen molar-refractivity contribution < 1.29 is 9.59 Å². The smallest absolute Gasteiger partial charge is 0.251 e. The first-order valence-electron chi connectivity index (χ1n) is 8.75. The maximum Gasteiger partial charge on any atom is 0.251 e. The van der Waals surface area contributed by atoms with E-state index in [2.05, 4.69) is 20.8 Å². The summed E-state index contributed by atoms with van der Waals surface area (Å²) in [7, 11) is 1.57. The summed E-state index contributed by atoms with van der Waals surface area (Å²) in [5.41, 5.74) is 2.21. The summed E-state index contributed by atoms with van der Waals surface area (Å²) >= 11 is 1.33. The number of nitrogens with one attached hydrogen (secondary N) is 2. The average molecular weight is 395 g/mol. The molecule has 2 aromatic carbocycles. The Hall–Kier alpha value is -3.13. The van der Waals surface area contributed by atoms with Crippen LogP contribution in [0.15, 0.2) is 59.8 Å². The molecule has 0 atom stereocenters. The highest BCUT2D eigenvalue weighted by Gasteiger charge is 2.13. The van der Waals surface area contributed by atoms with Crippen LogP contribution in [-0.2, 0) is 11.3 Å². The molecule has 28 heavy (non-hydrogen) atoms. The van der Waals surface area contributed by atoms with E-state index in [-0.39, 0.29) is 17.6 Å². The van der Waals surface area contributed by atoms with Gasteiger partial charge < -0.3 is 15.2 Å². The Labute approximate surface area is 167 Å². The molecule has 0 bridgehead atoms. The third-order valence-corrected chi connectivity index (χ3v) is 5.02. The fraction of sp³-hybridized carbons (Fsp3) is 0.200. The number of carbonyl (C=O) groups excluding carboxylic acids is 2. The van der Waals surface area contributed by atoms with Crippen molar-refractivity contribution in [2.75, 3.05) is 18.1 Å². The van der Waals surface area contributed by atoms with Crippen LogP contribution in [0.25, 0.3) is 0 Å². The highest BCUT2D eigenvalue weighted by Crippen LogP contribution is 2.19. The molecule has 0 radical (unpaired) electrons. The van der Waals surface area contributed by atoms with Gasteiger partial charge in [0.15, 0.2) is 5.16 Å². The van der Waals surface area contributed by atoms with Gasteiger partial charge >= 0.3 is 0 Å². The van der Waals surface area contributed by atoms with Crippen LogP contribution in [0, 0.1) is 6.92 Å². The molecular formula is C20H21N5O2S. The van der Waals surface area contributed by atoms with Crippen molar-refractivity contribution >= 4 is 29.3 Å². The third-order valence-electron chi connectivity index (χ3n) is 4.05. The fourth-order valence-corrected chi connectivity index (χ4v) is 3.41. The summed E-state index contributed by atoms with van der Waals surface area (Å²) in [5, 5.41) is 14.4. The maximum atomic E-state index is 12.3. The first-order chi connectivity index (χ1) is 13.6. The SMILES string of the molecule is CNC(=O)c1cccc(NC(=O)CSc2nnc(C)n2Cc2ccccc2)c1. The van der Waals surface area contributed by atoms with Crippen LogP contribution in [0.4, 0.5) is 5.69 Å². The summed E-state index contributed by atoms with van der Waals surface area (Å²) in [6, 6.07) is 16.8. The lowest BCUT2D eigenvalue weighted by molar-refractivity contribution is -0.113. The summed E-state index contributed by atoms with van der Waals surface area (Å²) in [5.74, 6) is 0.614. The number of benzene rings is 2. The van der Waals surface area contributed by atoms with E-state index in [1.165, 1.54) is 11.8 Å².